The molecule has 16 heavy (non-hydrogen) atoms. The normalized spacial score (nSPS) is 9.69. The SMILES string of the molecule is N#Cc1cccc(-n2ncc(=O)[nH]c2=O)c1. The van der Waals surface area contributed by atoms with E-state index in [-0.39, 0.29) is 0 Å². The lowest BCUT2D eigenvalue weighted by atomic mass is 10.2. The van der Waals surface area contributed by atoms with Crippen molar-refractivity contribution in [2.24, 2.45) is 0 Å². The molecule has 0 unspecified atom stereocenters. The summed E-state index contributed by atoms with van der Waals surface area (Å²) < 4.78 is 1.02. The van der Waals surface area contributed by atoms with E-state index in [1.165, 1.54) is 6.07 Å². The lowest BCUT2D eigenvalue weighted by Crippen LogP contribution is -2.30. The van der Waals surface area contributed by atoms with Gasteiger partial charge in [-0.25, -0.2) is 4.79 Å². The van der Waals surface area contributed by atoms with Gasteiger partial charge in [-0.1, -0.05) is 6.07 Å². The molecule has 1 aromatic carbocycles. The second kappa shape index (κ2) is 3.82. The highest BCUT2D eigenvalue weighted by molar-refractivity contribution is 5.40. The van der Waals surface area contributed by atoms with Crippen molar-refractivity contribution >= 4 is 0 Å². The number of aromatic nitrogens is 3. The van der Waals surface area contributed by atoms with Crippen LogP contribution in [0.3, 0.4) is 0 Å². The van der Waals surface area contributed by atoms with Gasteiger partial charge in [0.15, 0.2) is 0 Å². The third-order valence-electron chi connectivity index (χ3n) is 1.93. The molecule has 0 atom stereocenters. The van der Waals surface area contributed by atoms with E-state index in [2.05, 4.69) is 10.1 Å². The predicted molar refractivity (Wildman–Crippen MR) is 55.2 cm³/mol. The van der Waals surface area contributed by atoms with Crippen LogP contribution in [0.1, 0.15) is 5.56 Å². The van der Waals surface area contributed by atoms with Gasteiger partial charge >= 0.3 is 5.69 Å². The number of benzene rings is 1. The predicted octanol–water partition coefficient (Wildman–Crippen LogP) is -0.208. The summed E-state index contributed by atoms with van der Waals surface area (Å²) in [6.45, 7) is 0. The fraction of sp³-hybridized carbons (Fsp3) is 0. The zero-order valence-electron chi connectivity index (χ0n) is 8.04. The molecule has 0 saturated carbocycles. The van der Waals surface area contributed by atoms with E-state index < -0.39 is 11.2 Å². The maximum Gasteiger partial charge on any atom is 0.349 e. The van der Waals surface area contributed by atoms with Gasteiger partial charge in [0.25, 0.3) is 5.56 Å². The Morgan fingerprint density at radius 2 is 2.19 bits per heavy atom. The summed E-state index contributed by atoms with van der Waals surface area (Å²) in [4.78, 5) is 24.3. The van der Waals surface area contributed by atoms with Crippen molar-refractivity contribution in [3.05, 3.63) is 56.9 Å². The fourth-order valence-electron chi connectivity index (χ4n) is 1.24. The van der Waals surface area contributed by atoms with Gasteiger partial charge in [-0.2, -0.15) is 15.0 Å². The van der Waals surface area contributed by atoms with Crippen LogP contribution in [-0.4, -0.2) is 14.8 Å². The maximum atomic E-state index is 11.4. The van der Waals surface area contributed by atoms with Crippen molar-refractivity contribution in [2.75, 3.05) is 0 Å². The third kappa shape index (κ3) is 1.74. The molecular formula is C10H6N4O2. The van der Waals surface area contributed by atoms with Gasteiger partial charge in [0.2, 0.25) is 0 Å². The minimum absolute atomic E-state index is 0.414. The minimum Gasteiger partial charge on any atom is -0.271 e. The lowest BCUT2D eigenvalue weighted by molar-refractivity contribution is 0.749. The van der Waals surface area contributed by atoms with Crippen molar-refractivity contribution in [3.8, 4) is 11.8 Å². The Balaban J connectivity index is 2.64. The van der Waals surface area contributed by atoms with Gasteiger partial charge in [0.05, 0.1) is 17.3 Å². The monoisotopic (exact) mass is 214 g/mol. The van der Waals surface area contributed by atoms with Crippen LogP contribution in [0.2, 0.25) is 0 Å². The third-order valence-corrected chi connectivity index (χ3v) is 1.93. The van der Waals surface area contributed by atoms with E-state index in [0.717, 1.165) is 10.9 Å². The zero-order valence-corrected chi connectivity index (χ0v) is 8.04. The van der Waals surface area contributed by atoms with E-state index in [1.54, 1.807) is 18.2 Å². The molecule has 1 aromatic heterocycles. The van der Waals surface area contributed by atoms with E-state index in [1.807, 2.05) is 6.07 Å². The first kappa shape index (κ1) is 9.86. The van der Waals surface area contributed by atoms with E-state index in [9.17, 15) is 9.59 Å². The van der Waals surface area contributed by atoms with Gasteiger partial charge in [-0.05, 0) is 18.2 Å². The first-order valence-corrected chi connectivity index (χ1v) is 4.40. The number of hydrogen-bond acceptors (Lipinski definition) is 4. The number of nitrogens with zero attached hydrogens (tertiary/aromatic N) is 3. The average Bonchev–Trinajstić information content (AvgIpc) is 2.29. The van der Waals surface area contributed by atoms with E-state index >= 15 is 0 Å². The van der Waals surface area contributed by atoms with Crippen LogP contribution in [0.5, 0.6) is 0 Å². The van der Waals surface area contributed by atoms with Crippen molar-refractivity contribution in [3.63, 3.8) is 0 Å². The van der Waals surface area contributed by atoms with E-state index in [4.69, 9.17) is 5.26 Å². The molecule has 0 fully saturated rings. The smallest absolute Gasteiger partial charge is 0.271 e. The molecule has 0 spiro atoms. The summed E-state index contributed by atoms with van der Waals surface area (Å²) in [6.07, 6.45) is 1.00. The van der Waals surface area contributed by atoms with Crippen LogP contribution in [0, 0.1) is 11.3 Å². The number of hydrogen-bond donors (Lipinski definition) is 1. The zero-order chi connectivity index (χ0) is 11.5. The van der Waals surface area contributed by atoms with Gasteiger partial charge in [0.1, 0.15) is 6.20 Å². The molecule has 0 aliphatic rings. The van der Waals surface area contributed by atoms with Crippen LogP contribution in [0.4, 0.5) is 0 Å². The highest BCUT2D eigenvalue weighted by atomic mass is 16.2. The summed E-state index contributed by atoms with van der Waals surface area (Å²) >= 11 is 0. The molecule has 0 radical (unpaired) electrons. The summed E-state index contributed by atoms with van der Waals surface area (Å²) in [5, 5.41) is 12.4. The molecule has 2 rings (SSSR count). The van der Waals surface area contributed by atoms with Crippen molar-refractivity contribution in [2.45, 2.75) is 0 Å². The molecule has 6 heteroatoms. The van der Waals surface area contributed by atoms with Gasteiger partial charge in [-0.3, -0.25) is 9.78 Å². The summed E-state index contributed by atoms with van der Waals surface area (Å²) in [5.41, 5.74) is -0.349. The van der Waals surface area contributed by atoms with E-state index in [0.29, 0.717) is 11.3 Å². The lowest BCUT2D eigenvalue weighted by Gasteiger charge is -2.02. The Morgan fingerprint density at radius 1 is 1.38 bits per heavy atom. The van der Waals surface area contributed by atoms with Gasteiger partial charge < -0.3 is 0 Å². The van der Waals surface area contributed by atoms with Crippen LogP contribution in [-0.2, 0) is 0 Å². The Labute approximate surface area is 89.4 Å². The van der Waals surface area contributed by atoms with Crippen LogP contribution in [0.25, 0.3) is 5.69 Å². The van der Waals surface area contributed by atoms with Gasteiger partial charge in [0, 0.05) is 0 Å². The maximum absolute atomic E-state index is 11.4. The number of rotatable bonds is 1. The molecule has 0 amide bonds. The minimum atomic E-state index is -0.636. The Morgan fingerprint density at radius 3 is 2.88 bits per heavy atom. The highest BCUT2D eigenvalue weighted by Gasteiger charge is 2.02. The average molecular weight is 214 g/mol. The summed E-state index contributed by atoms with van der Waals surface area (Å²) in [7, 11) is 0. The molecule has 0 aliphatic heterocycles. The number of nitriles is 1. The molecule has 1 heterocycles. The molecular weight excluding hydrogens is 208 g/mol. The fourth-order valence-corrected chi connectivity index (χ4v) is 1.24. The molecule has 0 bridgehead atoms. The van der Waals surface area contributed by atoms with Crippen LogP contribution < -0.4 is 11.2 Å². The largest absolute Gasteiger partial charge is 0.349 e. The second-order valence-corrected chi connectivity index (χ2v) is 3.01. The first-order valence-electron chi connectivity index (χ1n) is 4.40. The van der Waals surface area contributed by atoms with Gasteiger partial charge in [-0.15, -0.1) is 0 Å². The van der Waals surface area contributed by atoms with Crippen LogP contribution >= 0.6 is 0 Å². The number of nitrogens with one attached hydrogen (secondary N) is 1. The molecule has 78 valence electrons. The highest BCUT2D eigenvalue weighted by Crippen LogP contribution is 2.05. The summed E-state index contributed by atoms with van der Waals surface area (Å²) in [6, 6.07) is 8.32. The molecule has 6 nitrogen and oxygen atoms in total. The van der Waals surface area contributed by atoms with Crippen LogP contribution in [0.15, 0.2) is 40.1 Å². The topological polar surface area (TPSA) is 91.5 Å². The van der Waals surface area contributed by atoms with Crippen molar-refractivity contribution in [1.82, 2.24) is 14.8 Å². The van der Waals surface area contributed by atoms with Crippen molar-refractivity contribution < 1.29 is 0 Å². The van der Waals surface area contributed by atoms with Crippen molar-refractivity contribution in [1.29, 1.82) is 5.26 Å². The number of aromatic amines is 1. The molecule has 2 aromatic rings. The number of H-pyrrole nitrogens is 1. The molecule has 0 saturated heterocycles. The Kier molecular flexibility index (Phi) is 2.36. The standard InChI is InChI=1S/C10H6N4O2/c11-5-7-2-1-3-8(4-7)14-10(16)13-9(15)6-12-14/h1-4,6H,(H,13,15,16). The second-order valence-electron chi connectivity index (χ2n) is 3.01. The Bertz CT molecular complexity index is 678. The summed E-state index contributed by atoms with van der Waals surface area (Å²) in [5.74, 6) is 0. The first-order chi connectivity index (χ1) is 7.70. The molecule has 0 aliphatic carbocycles. The quantitative estimate of drug-likeness (QED) is 0.711. The molecule has 1 N–H and O–H groups in total. The Hall–Kier alpha value is -2.68.